The summed E-state index contributed by atoms with van der Waals surface area (Å²) in [5, 5.41) is 5.54. The molecule has 2 heterocycles. The molecule has 3 heteroatoms. The molecule has 3 nitrogen and oxygen atoms in total. The molecule has 0 unspecified atom stereocenters. The molecular weight excluding hydrogens is 248 g/mol. The Morgan fingerprint density at radius 2 is 1.70 bits per heavy atom. The highest BCUT2D eigenvalue weighted by atomic mass is 16.3. The second-order valence-corrected chi connectivity index (χ2v) is 4.65. The quantitative estimate of drug-likeness (QED) is 0.538. The molecule has 0 radical (unpaired) electrons. The maximum absolute atomic E-state index is 5.58. The molecule has 0 N–H and O–H groups in total. The third kappa shape index (κ3) is 1.72. The maximum Gasteiger partial charge on any atom is 0.134 e. The van der Waals surface area contributed by atoms with Gasteiger partial charge in [0.15, 0.2) is 0 Å². The van der Waals surface area contributed by atoms with E-state index >= 15 is 0 Å². The van der Waals surface area contributed by atoms with Crippen molar-refractivity contribution in [2.45, 2.75) is 0 Å². The molecule has 0 aliphatic rings. The molecule has 0 aliphatic carbocycles. The van der Waals surface area contributed by atoms with Crippen LogP contribution in [-0.4, -0.2) is 9.78 Å². The fourth-order valence-electron chi connectivity index (χ4n) is 2.39. The van der Waals surface area contributed by atoms with Crippen LogP contribution in [0.5, 0.6) is 0 Å². The van der Waals surface area contributed by atoms with Crippen molar-refractivity contribution in [1.82, 2.24) is 9.78 Å². The number of fused-ring (bicyclic) bond motifs is 1. The van der Waals surface area contributed by atoms with Gasteiger partial charge in [0.2, 0.25) is 0 Å². The molecule has 96 valence electrons. The normalized spacial score (nSPS) is 11.0. The van der Waals surface area contributed by atoms with Gasteiger partial charge >= 0.3 is 0 Å². The molecule has 2 aromatic carbocycles. The summed E-state index contributed by atoms with van der Waals surface area (Å²) in [6.07, 6.45) is 5.67. The number of hydrogen-bond acceptors (Lipinski definition) is 2. The Balaban J connectivity index is 1.82. The molecule has 0 fully saturated rings. The van der Waals surface area contributed by atoms with E-state index in [2.05, 4.69) is 11.2 Å². The van der Waals surface area contributed by atoms with E-state index in [1.54, 1.807) is 6.26 Å². The van der Waals surface area contributed by atoms with Gasteiger partial charge in [0, 0.05) is 22.7 Å². The minimum Gasteiger partial charge on any atom is -0.464 e. The monoisotopic (exact) mass is 260 g/mol. The lowest BCUT2D eigenvalue weighted by atomic mass is 10.1. The van der Waals surface area contributed by atoms with Gasteiger partial charge in [-0.1, -0.05) is 36.4 Å². The third-order valence-electron chi connectivity index (χ3n) is 3.40. The van der Waals surface area contributed by atoms with Crippen molar-refractivity contribution < 1.29 is 4.42 Å². The van der Waals surface area contributed by atoms with Gasteiger partial charge in [0.05, 0.1) is 18.1 Å². The van der Waals surface area contributed by atoms with Gasteiger partial charge in [-0.15, -0.1) is 0 Å². The molecule has 2 aromatic heterocycles. The first-order valence-corrected chi connectivity index (χ1v) is 6.48. The molecule has 4 aromatic rings. The summed E-state index contributed by atoms with van der Waals surface area (Å²) >= 11 is 0. The predicted molar refractivity (Wildman–Crippen MR) is 78.8 cm³/mol. The van der Waals surface area contributed by atoms with Crippen LogP contribution < -0.4 is 0 Å². The minimum absolute atomic E-state index is 0.898. The zero-order valence-electron chi connectivity index (χ0n) is 10.7. The van der Waals surface area contributed by atoms with Crippen LogP contribution in [0.4, 0.5) is 0 Å². The van der Waals surface area contributed by atoms with Gasteiger partial charge in [-0.05, 0) is 18.2 Å². The van der Waals surface area contributed by atoms with E-state index < -0.39 is 0 Å². The second-order valence-electron chi connectivity index (χ2n) is 4.65. The Hall–Kier alpha value is -2.81. The summed E-state index contributed by atoms with van der Waals surface area (Å²) in [6.45, 7) is 0. The lowest BCUT2D eigenvalue weighted by Crippen LogP contribution is -1.92. The molecule has 0 aliphatic heterocycles. The van der Waals surface area contributed by atoms with E-state index in [-0.39, 0.29) is 0 Å². The van der Waals surface area contributed by atoms with Crippen molar-refractivity contribution in [2.75, 3.05) is 0 Å². The number of benzene rings is 2. The van der Waals surface area contributed by atoms with Crippen molar-refractivity contribution in [3.05, 3.63) is 73.3 Å². The summed E-state index contributed by atoms with van der Waals surface area (Å²) in [5.41, 5.74) is 4.07. The zero-order chi connectivity index (χ0) is 13.4. The Morgan fingerprint density at radius 3 is 2.60 bits per heavy atom. The standard InChI is InChI=1S/C17H12N2O/c1-2-6-14(7-3-1)19-11-13(10-18-19)16-12-20-17-9-5-4-8-15(16)17/h1-12H. The lowest BCUT2D eigenvalue weighted by Gasteiger charge is -1.98. The second kappa shape index (κ2) is 4.38. The SMILES string of the molecule is c1ccc(-n2cc(-c3coc4ccccc34)cn2)cc1. The predicted octanol–water partition coefficient (Wildman–Crippen LogP) is 4.29. The van der Waals surface area contributed by atoms with Crippen LogP contribution in [0.1, 0.15) is 0 Å². The molecule has 4 rings (SSSR count). The van der Waals surface area contributed by atoms with Crippen LogP contribution in [0.25, 0.3) is 27.8 Å². The Morgan fingerprint density at radius 1 is 0.900 bits per heavy atom. The minimum atomic E-state index is 0.898. The average Bonchev–Trinajstić information content (AvgIpc) is 3.14. The first-order chi connectivity index (χ1) is 9.92. The first-order valence-electron chi connectivity index (χ1n) is 6.48. The number of para-hydroxylation sites is 2. The van der Waals surface area contributed by atoms with Crippen molar-refractivity contribution in [2.24, 2.45) is 0 Å². The molecule has 0 amide bonds. The summed E-state index contributed by atoms with van der Waals surface area (Å²) in [4.78, 5) is 0. The number of hydrogen-bond donors (Lipinski definition) is 0. The smallest absolute Gasteiger partial charge is 0.134 e. The van der Waals surface area contributed by atoms with Crippen LogP contribution >= 0.6 is 0 Å². The largest absolute Gasteiger partial charge is 0.464 e. The number of furan rings is 1. The fourth-order valence-corrected chi connectivity index (χ4v) is 2.39. The number of nitrogens with zero attached hydrogens (tertiary/aromatic N) is 2. The molecular formula is C17H12N2O. The van der Waals surface area contributed by atoms with Crippen molar-refractivity contribution in [1.29, 1.82) is 0 Å². The highest BCUT2D eigenvalue weighted by molar-refractivity contribution is 5.93. The Labute approximate surface area is 116 Å². The van der Waals surface area contributed by atoms with Crippen molar-refractivity contribution >= 4 is 11.0 Å². The Bertz CT molecular complexity index is 859. The summed E-state index contributed by atoms with van der Waals surface area (Å²) in [7, 11) is 0. The highest BCUT2D eigenvalue weighted by Gasteiger charge is 2.09. The molecule has 0 bridgehead atoms. The fraction of sp³-hybridized carbons (Fsp3) is 0. The van der Waals surface area contributed by atoms with E-state index in [9.17, 15) is 0 Å². The summed E-state index contributed by atoms with van der Waals surface area (Å²) in [6, 6.07) is 18.1. The van der Waals surface area contributed by atoms with E-state index in [1.165, 1.54) is 0 Å². The van der Waals surface area contributed by atoms with E-state index in [0.29, 0.717) is 0 Å². The zero-order valence-corrected chi connectivity index (χ0v) is 10.7. The van der Waals surface area contributed by atoms with Crippen molar-refractivity contribution in [3.8, 4) is 16.8 Å². The highest BCUT2D eigenvalue weighted by Crippen LogP contribution is 2.30. The van der Waals surface area contributed by atoms with Crippen LogP contribution in [0.3, 0.4) is 0 Å². The van der Waals surface area contributed by atoms with Crippen LogP contribution in [0.15, 0.2) is 77.7 Å². The summed E-state index contributed by atoms with van der Waals surface area (Å²) in [5.74, 6) is 0. The average molecular weight is 260 g/mol. The van der Waals surface area contributed by atoms with Gasteiger partial charge < -0.3 is 4.42 Å². The Kier molecular flexibility index (Phi) is 2.42. The van der Waals surface area contributed by atoms with Gasteiger partial charge in [-0.3, -0.25) is 0 Å². The maximum atomic E-state index is 5.58. The topological polar surface area (TPSA) is 31.0 Å². The van der Waals surface area contributed by atoms with Crippen molar-refractivity contribution in [3.63, 3.8) is 0 Å². The summed E-state index contributed by atoms with van der Waals surface area (Å²) < 4.78 is 7.45. The van der Waals surface area contributed by atoms with Gasteiger partial charge in [0.1, 0.15) is 5.58 Å². The molecule has 0 saturated heterocycles. The number of aromatic nitrogens is 2. The van der Waals surface area contributed by atoms with Crippen LogP contribution in [0, 0.1) is 0 Å². The van der Waals surface area contributed by atoms with E-state index in [0.717, 1.165) is 27.8 Å². The molecule has 0 atom stereocenters. The van der Waals surface area contributed by atoms with Gasteiger partial charge in [-0.25, -0.2) is 4.68 Å². The molecule has 0 saturated carbocycles. The third-order valence-corrected chi connectivity index (χ3v) is 3.40. The van der Waals surface area contributed by atoms with Gasteiger partial charge in [0.25, 0.3) is 0 Å². The molecule has 20 heavy (non-hydrogen) atoms. The molecule has 0 spiro atoms. The van der Waals surface area contributed by atoms with Gasteiger partial charge in [-0.2, -0.15) is 5.10 Å². The van der Waals surface area contributed by atoms with E-state index in [4.69, 9.17) is 4.42 Å². The number of rotatable bonds is 2. The van der Waals surface area contributed by atoms with Crippen LogP contribution in [-0.2, 0) is 0 Å². The van der Waals surface area contributed by atoms with E-state index in [1.807, 2.05) is 65.6 Å². The lowest BCUT2D eigenvalue weighted by molar-refractivity contribution is 0.617. The first kappa shape index (κ1) is 11.1. The van der Waals surface area contributed by atoms with Crippen LogP contribution in [0.2, 0.25) is 0 Å².